The number of hydrogen-bond acceptors (Lipinski definition) is 4. The molecule has 0 saturated carbocycles. The Balaban J connectivity index is 2.02. The fraction of sp³-hybridized carbons (Fsp3) is 0.385. The summed E-state index contributed by atoms with van der Waals surface area (Å²) in [5, 5.41) is 10.3. The van der Waals surface area contributed by atoms with Crippen molar-refractivity contribution in [3.8, 4) is 0 Å². The summed E-state index contributed by atoms with van der Waals surface area (Å²) in [6.45, 7) is 5.86. The van der Waals surface area contributed by atoms with E-state index in [-0.39, 0.29) is 0 Å². The minimum atomic E-state index is -0.497. The molecular weight excluding hydrogens is 244 g/mol. The number of nitrogens with one attached hydrogen (secondary N) is 2. The number of fused-ring (bicyclic) bond motifs is 1. The Morgan fingerprint density at radius 2 is 2.21 bits per heavy atom. The molecule has 1 aromatic heterocycles. The first-order valence-corrected chi connectivity index (χ1v) is 6.04. The van der Waals surface area contributed by atoms with Crippen LogP contribution in [-0.2, 0) is 11.3 Å². The van der Waals surface area contributed by atoms with Gasteiger partial charge in [-0.1, -0.05) is 6.07 Å². The molecule has 0 fully saturated rings. The van der Waals surface area contributed by atoms with Crippen molar-refractivity contribution in [3.05, 3.63) is 23.8 Å². The zero-order valence-corrected chi connectivity index (χ0v) is 11.3. The Bertz CT molecular complexity index is 598. The van der Waals surface area contributed by atoms with Crippen molar-refractivity contribution in [3.63, 3.8) is 0 Å². The van der Waals surface area contributed by atoms with Crippen LogP contribution in [0.25, 0.3) is 10.9 Å². The lowest BCUT2D eigenvalue weighted by Crippen LogP contribution is -2.32. The van der Waals surface area contributed by atoms with Crippen LogP contribution in [0.5, 0.6) is 0 Å². The lowest BCUT2D eigenvalue weighted by atomic mass is 10.1. The van der Waals surface area contributed by atoms with E-state index in [0.717, 1.165) is 16.5 Å². The van der Waals surface area contributed by atoms with Crippen LogP contribution in [0.3, 0.4) is 0 Å². The van der Waals surface area contributed by atoms with Crippen molar-refractivity contribution < 1.29 is 9.53 Å². The first-order chi connectivity index (χ1) is 8.85. The predicted molar refractivity (Wildman–Crippen MR) is 73.6 cm³/mol. The number of anilines is 1. The number of amides is 1. The number of nitrogens with two attached hydrogens (primary N) is 1. The third kappa shape index (κ3) is 3.37. The van der Waals surface area contributed by atoms with Crippen molar-refractivity contribution in [2.75, 3.05) is 5.73 Å². The summed E-state index contributed by atoms with van der Waals surface area (Å²) >= 11 is 0. The summed E-state index contributed by atoms with van der Waals surface area (Å²) in [5.41, 5.74) is 7.04. The quantitative estimate of drug-likeness (QED) is 0.773. The van der Waals surface area contributed by atoms with Gasteiger partial charge in [0.1, 0.15) is 5.60 Å². The van der Waals surface area contributed by atoms with Gasteiger partial charge in [0.05, 0.1) is 5.52 Å². The zero-order valence-electron chi connectivity index (χ0n) is 11.3. The highest BCUT2D eigenvalue weighted by atomic mass is 16.6. The van der Waals surface area contributed by atoms with Gasteiger partial charge in [0.15, 0.2) is 5.82 Å². The molecule has 1 amide bonds. The highest BCUT2D eigenvalue weighted by molar-refractivity contribution is 5.89. The number of H-pyrrole nitrogens is 1. The van der Waals surface area contributed by atoms with E-state index in [9.17, 15) is 4.79 Å². The number of alkyl carbamates (subject to hydrolysis) is 1. The standard InChI is InChI=1S/C13H18N4O2/c1-13(2,3)19-12(18)15-7-8-4-5-10-9(6-8)11(14)17-16-10/h4-6H,7H2,1-3H3,(H,15,18)(H3,14,16,17). The van der Waals surface area contributed by atoms with Gasteiger partial charge in [-0.25, -0.2) is 4.79 Å². The van der Waals surface area contributed by atoms with E-state index in [1.165, 1.54) is 0 Å². The number of aromatic amines is 1. The predicted octanol–water partition coefficient (Wildman–Crippen LogP) is 2.17. The number of benzene rings is 1. The molecule has 6 nitrogen and oxygen atoms in total. The fourth-order valence-corrected chi connectivity index (χ4v) is 1.68. The normalized spacial score (nSPS) is 11.5. The smallest absolute Gasteiger partial charge is 0.407 e. The Hall–Kier alpha value is -2.24. The van der Waals surface area contributed by atoms with Crippen molar-refractivity contribution in [1.29, 1.82) is 0 Å². The Morgan fingerprint density at radius 1 is 1.47 bits per heavy atom. The zero-order chi connectivity index (χ0) is 14.0. The lowest BCUT2D eigenvalue weighted by Gasteiger charge is -2.19. The largest absolute Gasteiger partial charge is 0.444 e. The summed E-state index contributed by atoms with van der Waals surface area (Å²) in [7, 11) is 0. The SMILES string of the molecule is CC(C)(C)OC(=O)NCc1ccc2[nH]nc(N)c2c1. The average molecular weight is 262 g/mol. The van der Waals surface area contributed by atoms with Crippen LogP contribution in [0, 0.1) is 0 Å². The molecule has 0 aliphatic heterocycles. The molecule has 2 aromatic rings. The first-order valence-electron chi connectivity index (χ1n) is 6.04. The second-order valence-electron chi connectivity index (χ2n) is 5.34. The number of hydrogen-bond donors (Lipinski definition) is 3. The van der Waals surface area contributed by atoms with Crippen molar-refractivity contribution >= 4 is 22.8 Å². The molecule has 2 rings (SSSR count). The molecule has 4 N–H and O–H groups in total. The number of aromatic nitrogens is 2. The van der Waals surface area contributed by atoms with E-state index < -0.39 is 11.7 Å². The van der Waals surface area contributed by atoms with Gasteiger partial charge in [0, 0.05) is 11.9 Å². The van der Waals surface area contributed by atoms with Crippen molar-refractivity contribution in [2.24, 2.45) is 0 Å². The van der Waals surface area contributed by atoms with Crippen LogP contribution in [0.4, 0.5) is 10.6 Å². The van der Waals surface area contributed by atoms with E-state index in [0.29, 0.717) is 12.4 Å². The van der Waals surface area contributed by atoms with Gasteiger partial charge in [-0.3, -0.25) is 5.10 Å². The summed E-state index contributed by atoms with van der Waals surface area (Å²) in [4.78, 5) is 11.5. The van der Waals surface area contributed by atoms with E-state index >= 15 is 0 Å². The maximum absolute atomic E-state index is 11.5. The molecule has 1 aromatic carbocycles. The maximum Gasteiger partial charge on any atom is 0.407 e. The monoisotopic (exact) mass is 262 g/mol. The topological polar surface area (TPSA) is 93.0 Å². The van der Waals surface area contributed by atoms with Gasteiger partial charge in [-0.05, 0) is 38.5 Å². The summed E-state index contributed by atoms with van der Waals surface area (Å²) in [5.74, 6) is 0.453. The molecule has 0 radical (unpaired) electrons. The van der Waals surface area contributed by atoms with Gasteiger partial charge >= 0.3 is 6.09 Å². The second kappa shape index (κ2) is 4.79. The molecule has 0 unspecified atom stereocenters. The number of carbonyl (C=O) groups is 1. The highest BCUT2D eigenvalue weighted by Gasteiger charge is 2.15. The summed E-state index contributed by atoms with van der Waals surface area (Å²) < 4.78 is 5.16. The third-order valence-corrected chi connectivity index (χ3v) is 2.49. The van der Waals surface area contributed by atoms with Gasteiger partial charge in [0.2, 0.25) is 0 Å². The van der Waals surface area contributed by atoms with Crippen LogP contribution in [0.2, 0.25) is 0 Å². The lowest BCUT2D eigenvalue weighted by molar-refractivity contribution is 0.0523. The Kier molecular flexibility index (Phi) is 3.33. The fourth-order valence-electron chi connectivity index (χ4n) is 1.68. The molecule has 0 bridgehead atoms. The van der Waals surface area contributed by atoms with Gasteiger partial charge < -0.3 is 15.8 Å². The van der Waals surface area contributed by atoms with Crippen LogP contribution >= 0.6 is 0 Å². The van der Waals surface area contributed by atoms with E-state index in [1.807, 2.05) is 39.0 Å². The minimum absolute atomic E-state index is 0.384. The van der Waals surface area contributed by atoms with E-state index in [1.54, 1.807) is 0 Å². The third-order valence-electron chi connectivity index (χ3n) is 2.49. The summed E-state index contributed by atoms with van der Waals surface area (Å²) in [6, 6.07) is 5.67. The highest BCUT2D eigenvalue weighted by Crippen LogP contribution is 2.19. The molecule has 19 heavy (non-hydrogen) atoms. The van der Waals surface area contributed by atoms with E-state index in [2.05, 4.69) is 15.5 Å². The maximum atomic E-state index is 11.5. The molecular formula is C13H18N4O2. The number of ether oxygens (including phenoxy) is 1. The summed E-state index contributed by atoms with van der Waals surface area (Å²) in [6.07, 6.45) is -0.437. The number of carbonyl (C=O) groups excluding carboxylic acids is 1. The second-order valence-corrected chi connectivity index (χ2v) is 5.34. The van der Waals surface area contributed by atoms with Gasteiger partial charge in [-0.2, -0.15) is 5.10 Å². The number of nitrogen functional groups attached to an aromatic ring is 1. The van der Waals surface area contributed by atoms with Crippen molar-refractivity contribution in [1.82, 2.24) is 15.5 Å². The molecule has 6 heteroatoms. The number of rotatable bonds is 2. The van der Waals surface area contributed by atoms with Gasteiger partial charge in [0.25, 0.3) is 0 Å². The van der Waals surface area contributed by atoms with Crippen molar-refractivity contribution in [2.45, 2.75) is 32.9 Å². The molecule has 0 atom stereocenters. The van der Waals surface area contributed by atoms with Crippen LogP contribution in [0.15, 0.2) is 18.2 Å². The molecule has 0 spiro atoms. The molecule has 0 aliphatic carbocycles. The van der Waals surface area contributed by atoms with Gasteiger partial charge in [-0.15, -0.1) is 0 Å². The Morgan fingerprint density at radius 3 is 2.89 bits per heavy atom. The van der Waals surface area contributed by atoms with Crippen LogP contribution in [-0.4, -0.2) is 21.9 Å². The average Bonchev–Trinajstić information content (AvgIpc) is 2.66. The Labute approximate surface area is 111 Å². The van der Waals surface area contributed by atoms with Crippen LogP contribution in [0.1, 0.15) is 26.3 Å². The molecule has 1 heterocycles. The molecule has 0 saturated heterocycles. The number of nitrogens with zero attached hydrogens (tertiary/aromatic N) is 1. The van der Waals surface area contributed by atoms with E-state index in [4.69, 9.17) is 10.5 Å². The molecule has 102 valence electrons. The first kappa shape index (κ1) is 13.2. The van der Waals surface area contributed by atoms with Crippen LogP contribution < -0.4 is 11.1 Å². The minimum Gasteiger partial charge on any atom is -0.444 e. The molecule has 0 aliphatic rings.